The van der Waals surface area contributed by atoms with Crippen LogP contribution in [0.5, 0.6) is 5.75 Å². The molecule has 0 radical (unpaired) electrons. The number of carbonyl (C=O) groups excluding carboxylic acids is 1. The summed E-state index contributed by atoms with van der Waals surface area (Å²) in [6.45, 7) is 4.41. The average molecular weight is 362 g/mol. The molecule has 1 aliphatic rings. The van der Waals surface area contributed by atoms with Gasteiger partial charge in [0.05, 0.1) is 10.6 Å². The zero-order valence-corrected chi connectivity index (χ0v) is 15.4. The Bertz CT molecular complexity index is 1000. The molecule has 0 bridgehead atoms. The molecule has 2 heterocycles. The Morgan fingerprint density at radius 3 is 2.73 bits per heavy atom. The van der Waals surface area contributed by atoms with Crippen molar-refractivity contribution in [2.75, 3.05) is 0 Å². The highest BCUT2D eigenvalue weighted by atomic mass is 32.1. The molecule has 4 rings (SSSR count). The zero-order valence-electron chi connectivity index (χ0n) is 14.6. The van der Waals surface area contributed by atoms with Gasteiger partial charge in [0, 0.05) is 16.0 Å². The highest BCUT2D eigenvalue weighted by Gasteiger charge is 2.22. The predicted octanol–water partition coefficient (Wildman–Crippen LogP) is 4.77. The average Bonchev–Trinajstić information content (AvgIpc) is 3.11. The largest absolute Gasteiger partial charge is 0.488 e. The molecule has 1 aliphatic heterocycles. The van der Waals surface area contributed by atoms with Crippen LogP contribution in [0.1, 0.15) is 33.3 Å². The molecule has 0 aliphatic carbocycles. The van der Waals surface area contributed by atoms with Crippen molar-refractivity contribution >= 4 is 23.0 Å². The monoisotopic (exact) mass is 362 g/mol. The van der Waals surface area contributed by atoms with Gasteiger partial charge in [0.1, 0.15) is 12.4 Å². The summed E-state index contributed by atoms with van der Waals surface area (Å²) in [6, 6.07) is 17.8. The first kappa shape index (κ1) is 16.5. The first-order valence-electron chi connectivity index (χ1n) is 8.38. The van der Waals surface area contributed by atoms with Crippen molar-refractivity contribution in [3.8, 4) is 16.2 Å². The Kier molecular flexibility index (Phi) is 4.31. The predicted molar refractivity (Wildman–Crippen MR) is 105 cm³/mol. The van der Waals surface area contributed by atoms with Crippen molar-refractivity contribution in [2.24, 2.45) is 5.10 Å². The molecule has 1 amide bonds. The third-order valence-corrected chi connectivity index (χ3v) is 5.55. The number of hydrazone groups is 1. The maximum atomic E-state index is 12.5. The lowest BCUT2D eigenvalue weighted by molar-refractivity contribution is 0.0959. The van der Waals surface area contributed by atoms with Crippen molar-refractivity contribution in [1.82, 2.24) is 5.43 Å². The number of aryl methyl sites for hydroxylation is 1. The van der Waals surface area contributed by atoms with Crippen LogP contribution in [0.15, 0.2) is 59.7 Å². The van der Waals surface area contributed by atoms with Crippen LogP contribution in [0.4, 0.5) is 0 Å². The Balaban J connectivity index is 1.54. The van der Waals surface area contributed by atoms with E-state index in [0.717, 1.165) is 33.0 Å². The molecule has 5 heteroatoms. The minimum absolute atomic E-state index is 0.201. The second-order valence-electron chi connectivity index (χ2n) is 6.25. The van der Waals surface area contributed by atoms with Gasteiger partial charge in [0.15, 0.2) is 0 Å². The lowest BCUT2D eigenvalue weighted by atomic mass is 10.1. The van der Waals surface area contributed by atoms with Crippen LogP contribution in [0.25, 0.3) is 10.4 Å². The molecule has 26 heavy (non-hydrogen) atoms. The molecule has 0 spiro atoms. The van der Waals surface area contributed by atoms with Gasteiger partial charge in [-0.3, -0.25) is 4.79 Å². The van der Waals surface area contributed by atoms with Crippen molar-refractivity contribution < 1.29 is 9.53 Å². The number of benzene rings is 2. The SMILES string of the molecule is C/C(=N\NC(=O)c1cc2c(s1)-c1ccccc1OC2)c1ccc(C)cc1. The van der Waals surface area contributed by atoms with E-state index in [1.807, 2.05) is 68.4 Å². The Labute approximate surface area is 156 Å². The number of carbonyl (C=O) groups is 1. The van der Waals surface area contributed by atoms with E-state index in [2.05, 4.69) is 10.5 Å². The number of nitrogens with zero attached hydrogens (tertiary/aromatic N) is 1. The molecule has 1 aromatic heterocycles. The quantitative estimate of drug-likeness (QED) is 0.539. The lowest BCUT2D eigenvalue weighted by Crippen LogP contribution is -2.18. The van der Waals surface area contributed by atoms with Crippen LogP contribution in [0.3, 0.4) is 0 Å². The van der Waals surface area contributed by atoms with E-state index in [1.54, 1.807) is 0 Å². The maximum Gasteiger partial charge on any atom is 0.281 e. The van der Waals surface area contributed by atoms with Crippen LogP contribution < -0.4 is 10.2 Å². The van der Waals surface area contributed by atoms with Crippen LogP contribution in [-0.4, -0.2) is 11.6 Å². The van der Waals surface area contributed by atoms with Gasteiger partial charge in [-0.25, -0.2) is 5.43 Å². The van der Waals surface area contributed by atoms with E-state index in [-0.39, 0.29) is 5.91 Å². The second-order valence-corrected chi connectivity index (χ2v) is 7.31. The molecule has 1 N–H and O–H groups in total. The third-order valence-electron chi connectivity index (χ3n) is 4.34. The van der Waals surface area contributed by atoms with Crippen LogP contribution in [0.2, 0.25) is 0 Å². The minimum Gasteiger partial charge on any atom is -0.488 e. The summed E-state index contributed by atoms with van der Waals surface area (Å²) in [5, 5.41) is 4.24. The van der Waals surface area contributed by atoms with E-state index in [1.165, 1.54) is 16.9 Å². The Morgan fingerprint density at radius 2 is 1.92 bits per heavy atom. The van der Waals surface area contributed by atoms with E-state index < -0.39 is 0 Å². The fraction of sp³-hybridized carbons (Fsp3) is 0.143. The molecule has 0 atom stereocenters. The topological polar surface area (TPSA) is 50.7 Å². The zero-order chi connectivity index (χ0) is 18.1. The molecule has 130 valence electrons. The van der Waals surface area contributed by atoms with E-state index in [9.17, 15) is 4.79 Å². The summed E-state index contributed by atoms with van der Waals surface area (Å²) in [5.74, 6) is 0.662. The summed E-state index contributed by atoms with van der Waals surface area (Å²) >= 11 is 1.47. The maximum absolute atomic E-state index is 12.5. The minimum atomic E-state index is -0.201. The van der Waals surface area contributed by atoms with Gasteiger partial charge < -0.3 is 4.74 Å². The van der Waals surface area contributed by atoms with Crippen LogP contribution in [-0.2, 0) is 6.61 Å². The van der Waals surface area contributed by atoms with Crippen molar-refractivity contribution in [2.45, 2.75) is 20.5 Å². The highest BCUT2D eigenvalue weighted by molar-refractivity contribution is 7.17. The Hall–Kier alpha value is -2.92. The standard InChI is InChI=1S/C21H18N2O2S/c1-13-7-9-15(10-8-13)14(2)22-23-21(24)19-11-16-12-25-18-6-4-3-5-17(18)20(16)26-19/h3-11H,12H2,1-2H3,(H,23,24)/b22-14+. The van der Waals surface area contributed by atoms with Gasteiger partial charge in [-0.2, -0.15) is 5.10 Å². The first-order chi connectivity index (χ1) is 12.6. The summed E-state index contributed by atoms with van der Waals surface area (Å²) < 4.78 is 5.76. The molecule has 0 saturated heterocycles. The van der Waals surface area contributed by atoms with Gasteiger partial charge in [-0.1, -0.05) is 42.0 Å². The van der Waals surface area contributed by atoms with Gasteiger partial charge in [-0.15, -0.1) is 11.3 Å². The smallest absolute Gasteiger partial charge is 0.281 e. The molecule has 3 aromatic rings. The summed E-state index contributed by atoms with van der Waals surface area (Å²) in [5.41, 5.74) is 7.70. The van der Waals surface area contributed by atoms with Gasteiger partial charge >= 0.3 is 0 Å². The summed E-state index contributed by atoms with van der Waals surface area (Å²) in [7, 11) is 0. The Morgan fingerprint density at radius 1 is 1.15 bits per heavy atom. The van der Waals surface area contributed by atoms with Gasteiger partial charge in [0.25, 0.3) is 5.91 Å². The van der Waals surface area contributed by atoms with Crippen LogP contribution in [0, 0.1) is 6.92 Å². The molecular weight excluding hydrogens is 344 g/mol. The number of thiophene rings is 1. The first-order valence-corrected chi connectivity index (χ1v) is 9.20. The van der Waals surface area contributed by atoms with Gasteiger partial charge in [0.2, 0.25) is 0 Å². The number of para-hydroxylation sites is 1. The molecule has 4 nitrogen and oxygen atoms in total. The number of rotatable bonds is 3. The van der Waals surface area contributed by atoms with Crippen LogP contribution >= 0.6 is 11.3 Å². The number of amides is 1. The lowest BCUT2D eigenvalue weighted by Gasteiger charge is -2.16. The molecule has 0 unspecified atom stereocenters. The highest BCUT2D eigenvalue weighted by Crippen LogP contribution is 2.42. The van der Waals surface area contributed by atoms with E-state index >= 15 is 0 Å². The number of nitrogens with one attached hydrogen (secondary N) is 1. The summed E-state index contributed by atoms with van der Waals surface area (Å²) in [4.78, 5) is 14.2. The number of hydrogen-bond donors (Lipinski definition) is 1. The number of fused-ring (bicyclic) bond motifs is 3. The van der Waals surface area contributed by atoms with Crippen molar-refractivity contribution in [3.05, 3.63) is 76.2 Å². The number of hydrogen-bond acceptors (Lipinski definition) is 4. The second kappa shape index (κ2) is 6.77. The molecule has 0 fully saturated rings. The normalized spacial score (nSPS) is 12.8. The van der Waals surface area contributed by atoms with Crippen molar-refractivity contribution in [1.29, 1.82) is 0 Å². The fourth-order valence-electron chi connectivity index (χ4n) is 2.86. The summed E-state index contributed by atoms with van der Waals surface area (Å²) in [6.07, 6.45) is 0. The fourth-order valence-corrected chi connectivity index (χ4v) is 3.95. The van der Waals surface area contributed by atoms with E-state index in [0.29, 0.717) is 11.5 Å². The molecule has 2 aromatic carbocycles. The van der Waals surface area contributed by atoms with E-state index in [4.69, 9.17) is 4.74 Å². The molecule has 0 saturated carbocycles. The molecular formula is C21H18N2O2S. The van der Waals surface area contributed by atoms with Crippen molar-refractivity contribution in [3.63, 3.8) is 0 Å². The third kappa shape index (κ3) is 3.13. The number of ether oxygens (including phenoxy) is 1. The van der Waals surface area contributed by atoms with Gasteiger partial charge in [-0.05, 0) is 37.6 Å².